The summed E-state index contributed by atoms with van der Waals surface area (Å²) in [5, 5.41) is 0. The molecule has 1 aromatic carbocycles. The Morgan fingerprint density at radius 1 is 1.00 bits per heavy atom. The van der Waals surface area contributed by atoms with Crippen LogP contribution in [0.2, 0.25) is 0 Å². The highest BCUT2D eigenvalue weighted by Crippen LogP contribution is 2.20. The molecule has 0 aliphatic carbocycles. The van der Waals surface area contributed by atoms with Gasteiger partial charge in [0.15, 0.2) is 0 Å². The van der Waals surface area contributed by atoms with Gasteiger partial charge in [0.2, 0.25) is 0 Å². The highest BCUT2D eigenvalue weighted by atomic mass is 14.6. The van der Waals surface area contributed by atoms with Crippen molar-refractivity contribution in [3.8, 4) is 0 Å². The summed E-state index contributed by atoms with van der Waals surface area (Å²) in [6, 6.07) is 6.70. The summed E-state index contributed by atoms with van der Waals surface area (Å²) < 4.78 is 0. The molecule has 2 N–H and O–H groups in total. The third kappa shape index (κ3) is 2.56. The number of aryl methyl sites for hydroxylation is 2. The molecule has 72 valence electrons. The van der Waals surface area contributed by atoms with Crippen molar-refractivity contribution in [1.82, 2.24) is 0 Å². The van der Waals surface area contributed by atoms with E-state index in [0.717, 1.165) is 0 Å². The van der Waals surface area contributed by atoms with Crippen LogP contribution < -0.4 is 5.73 Å². The number of hydrogen-bond acceptors (Lipinski definition) is 1. The van der Waals surface area contributed by atoms with Crippen LogP contribution >= 0.6 is 0 Å². The van der Waals surface area contributed by atoms with Crippen molar-refractivity contribution in [3.05, 3.63) is 34.9 Å². The molecule has 0 aliphatic rings. The van der Waals surface area contributed by atoms with Gasteiger partial charge in [0.25, 0.3) is 0 Å². The lowest BCUT2D eigenvalue weighted by Gasteiger charge is -2.17. The second-order valence-electron chi connectivity index (χ2n) is 4.19. The Hall–Kier alpha value is -0.820. The SMILES string of the molecule is Cc1cc(C)cc(C(N)C(C)C)c1. The van der Waals surface area contributed by atoms with E-state index in [1.807, 2.05) is 0 Å². The molecule has 0 amide bonds. The van der Waals surface area contributed by atoms with E-state index in [1.54, 1.807) is 0 Å². The van der Waals surface area contributed by atoms with Gasteiger partial charge < -0.3 is 5.73 Å². The lowest BCUT2D eigenvalue weighted by atomic mass is 9.94. The highest BCUT2D eigenvalue weighted by Gasteiger charge is 2.10. The fourth-order valence-electron chi connectivity index (χ4n) is 1.59. The molecule has 0 aliphatic heterocycles. The van der Waals surface area contributed by atoms with Crippen LogP contribution in [-0.4, -0.2) is 0 Å². The average Bonchev–Trinajstić information content (AvgIpc) is 2.01. The topological polar surface area (TPSA) is 26.0 Å². The van der Waals surface area contributed by atoms with Crippen molar-refractivity contribution in [2.45, 2.75) is 33.7 Å². The van der Waals surface area contributed by atoms with Crippen LogP contribution in [0.25, 0.3) is 0 Å². The molecule has 1 heteroatoms. The van der Waals surface area contributed by atoms with Crippen LogP contribution in [-0.2, 0) is 0 Å². The summed E-state index contributed by atoms with van der Waals surface area (Å²) in [5.41, 5.74) is 9.93. The summed E-state index contributed by atoms with van der Waals surface area (Å²) in [4.78, 5) is 0. The van der Waals surface area contributed by atoms with Crippen LogP contribution in [0, 0.1) is 19.8 Å². The van der Waals surface area contributed by atoms with E-state index < -0.39 is 0 Å². The van der Waals surface area contributed by atoms with E-state index >= 15 is 0 Å². The van der Waals surface area contributed by atoms with Crippen LogP contribution in [0.4, 0.5) is 0 Å². The first-order valence-corrected chi connectivity index (χ1v) is 4.84. The van der Waals surface area contributed by atoms with Crippen molar-refractivity contribution in [3.63, 3.8) is 0 Å². The van der Waals surface area contributed by atoms with E-state index in [0.29, 0.717) is 5.92 Å². The maximum Gasteiger partial charge on any atom is 0.0318 e. The number of rotatable bonds is 2. The van der Waals surface area contributed by atoms with Crippen molar-refractivity contribution in [2.24, 2.45) is 11.7 Å². The van der Waals surface area contributed by atoms with E-state index in [4.69, 9.17) is 5.73 Å². The molecule has 13 heavy (non-hydrogen) atoms. The second kappa shape index (κ2) is 3.93. The van der Waals surface area contributed by atoms with Gasteiger partial charge in [0, 0.05) is 6.04 Å². The van der Waals surface area contributed by atoms with Crippen LogP contribution in [0.1, 0.15) is 36.6 Å². The number of benzene rings is 1. The van der Waals surface area contributed by atoms with Gasteiger partial charge in [-0.2, -0.15) is 0 Å². The summed E-state index contributed by atoms with van der Waals surface area (Å²) in [6.07, 6.45) is 0. The van der Waals surface area contributed by atoms with Gasteiger partial charge in [-0.05, 0) is 25.3 Å². The minimum absolute atomic E-state index is 0.165. The molecular weight excluding hydrogens is 158 g/mol. The molecule has 0 saturated carbocycles. The van der Waals surface area contributed by atoms with Crippen LogP contribution in [0.3, 0.4) is 0 Å². The maximum atomic E-state index is 6.08. The predicted octanol–water partition coefficient (Wildman–Crippen LogP) is 2.96. The molecule has 1 atom stereocenters. The first kappa shape index (κ1) is 10.3. The van der Waals surface area contributed by atoms with Gasteiger partial charge >= 0.3 is 0 Å². The average molecular weight is 177 g/mol. The Kier molecular flexibility index (Phi) is 3.10. The van der Waals surface area contributed by atoms with E-state index in [-0.39, 0.29) is 6.04 Å². The van der Waals surface area contributed by atoms with Crippen molar-refractivity contribution in [1.29, 1.82) is 0 Å². The predicted molar refractivity (Wildman–Crippen MR) is 57.7 cm³/mol. The standard InChI is InChI=1S/C12H19N/c1-8(2)12(13)11-6-9(3)5-10(4)7-11/h5-8,12H,13H2,1-4H3. The summed E-state index contributed by atoms with van der Waals surface area (Å²) in [6.45, 7) is 8.54. The highest BCUT2D eigenvalue weighted by molar-refractivity contribution is 5.30. The molecule has 1 rings (SSSR count). The molecule has 0 aromatic heterocycles. The molecule has 0 bridgehead atoms. The zero-order chi connectivity index (χ0) is 10.0. The van der Waals surface area contributed by atoms with Crippen molar-refractivity contribution in [2.75, 3.05) is 0 Å². The Morgan fingerprint density at radius 3 is 1.85 bits per heavy atom. The fourth-order valence-corrected chi connectivity index (χ4v) is 1.59. The van der Waals surface area contributed by atoms with Gasteiger partial charge in [-0.3, -0.25) is 0 Å². The zero-order valence-electron chi connectivity index (χ0n) is 8.96. The number of nitrogens with two attached hydrogens (primary N) is 1. The molecule has 1 nitrogen and oxygen atoms in total. The van der Waals surface area contributed by atoms with Gasteiger partial charge in [0.05, 0.1) is 0 Å². The maximum absolute atomic E-state index is 6.08. The third-order valence-electron chi connectivity index (χ3n) is 2.35. The van der Waals surface area contributed by atoms with Crippen LogP contribution in [0.5, 0.6) is 0 Å². The monoisotopic (exact) mass is 177 g/mol. The van der Waals surface area contributed by atoms with E-state index in [2.05, 4.69) is 45.9 Å². The minimum Gasteiger partial charge on any atom is -0.324 e. The number of hydrogen-bond donors (Lipinski definition) is 1. The fraction of sp³-hybridized carbons (Fsp3) is 0.500. The van der Waals surface area contributed by atoms with Crippen molar-refractivity contribution < 1.29 is 0 Å². The Morgan fingerprint density at radius 2 is 1.46 bits per heavy atom. The van der Waals surface area contributed by atoms with Gasteiger partial charge in [0.1, 0.15) is 0 Å². The van der Waals surface area contributed by atoms with E-state index in [9.17, 15) is 0 Å². The lowest BCUT2D eigenvalue weighted by Crippen LogP contribution is -2.16. The molecule has 0 heterocycles. The summed E-state index contributed by atoms with van der Waals surface area (Å²) >= 11 is 0. The molecule has 0 saturated heterocycles. The molecule has 1 unspecified atom stereocenters. The first-order valence-electron chi connectivity index (χ1n) is 4.84. The molecule has 0 radical (unpaired) electrons. The quantitative estimate of drug-likeness (QED) is 0.738. The lowest BCUT2D eigenvalue weighted by molar-refractivity contribution is 0.514. The van der Waals surface area contributed by atoms with Gasteiger partial charge in [-0.25, -0.2) is 0 Å². The Balaban J connectivity index is 3.01. The Bertz CT molecular complexity index is 269. The van der Waals surface area contributed by atoms with Crippen molar-refractivity contribution >= 4 is 0 Å². The van der Waals surface area contributed by atoms with E-state index in [1.165, 1.54) is 16.7 Å². The van der Waals surface area contributed by atoms with Gasteiger partial charge in [-0.15, -0.1) is 0 Å². The van der Waals surface area contributed by atoms with Gasteiger partial charge in [-0.1, -0.05) is 43.2 Å². The third-order valence-corrected chi connectivity index (χ3v) is 2.35. The molecule has 0 spiro atoms. The first-order chi connectivity index (χ1) is 6.00. The molecular formula is C12H19N. The van der Waals surface area contributed by atoms with Crippen LogP contribution in [0.15, 0.2) is 18.2 Å². The minimum atomic E-state index is 0.165. The second-order valence-corrected chi connectivity index (χ2v) is 4.19. The Labute approximate surface area is 81.0 Å². The molecule has 0 fully saturated rings. The summed E-state index contributed by atoms with van der Waals surface area (Å²) in [5.74, 6) is 0.501. The summed E-state index contributed by atoms with van der Waals surface area (Å²) in [7, 11) is 0. The normalized spacial score (nSPS) is 13.4. The molecule has 1 aromatic rings. The largest absolute Gasteiger partial charge is 0.324 e. The zero-order valence-corrected chi connectivity index (χ0v) is 8.96. The smallest absolute Gasteiger partial charge is 0.0318 e.